The Morgan fingerprint density at radius 2 is 1.88 bits per heavy atom. The summed E-state index contributed by atoms with van der Waals surface area (Å²) in [4.78, 5) is 4.15. The Bertz CT molecular complexity index is 408. The highest BCUT2D eigenvalue weighted by atomic mass is 79.9. The fraction of sp³-hybridized carbons (Fsp3) is 0.0833. The number of hydrogen-bond donors (Lipinski definition) is 1. The molecule has 2 aromatic rings. The van der Waals surface area contributed by atoms with E-state index in [2.05, 4.69) is 20.9 Å². The van der Waals surface area contributed by atoms with Gasteiger partial charge in [0.25, 0.3) is 0 Å². The van der Waals surface area contributed by atoms with Gasteiger partial charge in [-0.05, 0) is 36.4 Å². The van der Waals surface area contributed by atoms with Crippen LogP contribution in [0.25, 0.3) is 0 Å². The number of benzene rings is 1. The molecule has 0 aliphatic carbocycles. The molecule has 2 rings (SSSR count). The predicted octanol–water partition coefficient (Wildman–Crippen LogP) is 3.01. The summed E-state index contributed by atoms with van der Waals surface area (Å²) in [6, 6.07) is 11.3. The molecule has 1 aromatic heterocycles. The zero-order valence-electron chi connectivity index (χ0n) is 8.56. The highest BCUT2D eigenvalue weighted by Gasteiger charge is 1.97. The predicted molar refractivity (Wildman–Crippen MR) is 67.1 cm³/mol. The number of pyridine rings is 1. The van der Waals surface area contributed by atoms with E-state index in [-0.39, 0.29) is 0 Å². The molecule has 0 saturated heterocycles. The highest BCUT2D eigenvalue weighted by Crippen LogP contribution is 2.17. The Balaban J connectivity index is 1.97. The molecule has 0 fully saturated rings. The van der Waals surface area contributed by atoms with Gasteiger partial charge in [-0.15, -0.1) is 0 Å². The van der Waals surface area contributed by atoms with Crippen molar-refractivity contribution >= 4 is 21.6 Å². The zero-order chi connectivity index (χ0) is 11.4. The number of rotatable bonds is 3. The largest absolute Gasteiger partial charge is 0.487 e. The second kappa shape index (κ2) is 4.99. The molecule has 0 atom stereocenters. The van der Waals surface area contributed by atoms with Crippen molar-refractivity contribution in [3.63, 3.8) is 0 Å². The first-order valence-corrected chi connectivity index (χ1v) is 5.62. The smallest absolute Gasteiger partial charge is 0.130 e. The Hall–Kier alpha value is -1.55. The number of nitrogens with zero attached hydrogens (tertiary/aromatic N) is 1. The van der Waals surface area contributed by atoms with Gasteiger partial charge in [0.1, 0.15) is 12.4 Å². The van der Waals surface area contributed by atoms with E-state index in [0.717, 1.165) is 15.9 Å². The second-order valence-electron chi connectivity index (χ2n) is 3.33. The van der Waals surface area contributed by atoms with Crippen LogP contribution in [0, 0.1) is 0 Å². The molecule has 1 heterocycles. The van der Waals surface area contributed by atoms with Gasteiger partial charge in [0.2, 0.25) is 0 Å². The van der Waals surface area contributed by atoms with E-state index < -0.39 is 0 Å². The Labute approximate surface area is 102 Å². The van der Waals surface area contributed by atoms with Crippen LogP contribution in [0.3, 0.4) is 0 Å². The van der Waals surface area contributed by atoms with Gasteiger partial charge in [0.15, 0.2) is 0 Å². The van der Waals surface area contributed by atoms with Gasteiger partial charge >= 0.3 is 0 Å². The van der Waals surface area contributed by atoms with Crippen LogP contribution in [0.1, 0.15) is 5.69 Å². The Morgan fingerprint density at radius 3 is 2.50 bits per heavy atom. The molecular weight excluding hydrogens is 268 g/mol. The van der Waals surface area contributed by atoms with Crippen LogP contribution in [0.4, 0.5) is 5.69 Å². The maximum atomic E-state index is 5.56. The van der Waals surface area contributed by atoms with Crippen LogP contribution < -0.4 is 10.5 Å². The summed E-state index contributed by atoms with van der Waals surface area (Å²) in [6.45, 7) is 0.446. The summed E-state index contributed by atoms with van der Waals surface area (Å²) >= 11 is 3.37. The average molecular weight is 279 g/mol. The fourth-order valence-electron chi connectivity index (χ4n) is 1.21. The molecule has 0 unspecified atom stereocenters. The molecule has 2 N–H and O–H groups in total. The highest BCUT2D eigenvalue weighted by molar-refractivity contribution is 9.10. The lowest BCUT2D eigenvalue weighted by Crippen LogP contribution is -1.98. The molecular formula is C12H11BrN2O. The van der Waals surface area contributed by atoms with Gasteiger partial charge < -0.3 is 10.5 Å². The first-order valence-electron chi connectivity index (χ1n) is 4.83. The summed E-state index contributed by atoms with van der Waals surface area (Å²) in [5.74, 6) is 0.821. The maximum Gasteiger partial charge on any atom is 0.130 e. The lowest BCUT2D eigenvalue weighted by Gasteiger charge is -2.05. The number of ether oxygens (including phenoxy) is 1. The molecule has 3 nitrogen and oxygen atoms in total. The third kappa shape index (κ3) is 2.97. The molecule has 0 bridgehead atoms. The summed E-state index contributed by atoms with van der Waals surface area (Å²) < 4.78 is 6.60. The van der Waals surface area contributed by atoms with Crippen molar-refractivity contribution in [1.82, 2.24) is 4.98 Å². The number of anilines is 1. The number of hydrogen-bond acceptors (Lipinski definition) is 3. The van der Waals surface area contributed by atoms with Crippen molar-refractivity contribution in [2.75, 3.05) is 5.73 Å². The maximum absolute atomic E-state index is 5.56. The van der Waals surface area contributed by atoms with Gasteiger partial charge in [0.05, 0.1) is 17.6 Å². The van der Waals surface area contributed by atoms with Crippen molar-refractivity contribution in [3.8, 4) is 5.75 Å². The molecule has 16 heavy (non-hydrogen) atoms. The van der Waals surface area contributed by atoms with Crippen LogP contribution >= 0.6 is 15.9 Å². The number of halogens is 1. The van der Waals surface area contributed by atoms with E-state index in [9.17, 15) is 0 Å². The van der Waals surface area contributed by atoms with Crippen molar-refractivity contribution in [2.24, 2.45) is 0 Å². The Morgan fingerprint density at radius 1 is 1.12 bits per heavy atom. The molecule has 0 spiro atoms. The standard InChI is InChI=1S/C12H11BrN2O/c13-9-1-5-12(6-2-9)16-8-11-4-3-10(14)7-15-11/h1-7H,8,14H2. The third-order valence-electron chi connectivity index (χ3n) is 2.05. The van der Waals surface area contributed by atoms with Crippen LogP contribution in [0.2, 0.25) is 0 Å². The number of nitrogens with two attached hydrogens (primary N) is 1. The van der Waals surface area contributed by atoms with E-state index in [0.29, 0.717) is 12.3 Å². The van der Waals surface area contributed by atoms with Crippen molar-refractivity contribution in [1.29, 1.82) is 0 Å². The van der Waals surface area contributed by atoms with E-state index in [1.807, 2.05) is 36.4 Å². The molecule has 0 aliphatic rings. The lowest BCUT2D eigenvalue weighted by molar-refractivity contribution is 0.301. The normalized spacial score (nSPS) is 10.1. The third-order valence-corrected chi connectivity index (χ3v) is 2.58. The van der Waals surface area contributed by atoms with Crippen LogP contribution in [0.5, 0.6) is 5.75 Å². The monoisotopic (exact) mass is 278 g/mol. The SMILES string of the molecule is Nc1ccc(COc2ccc(Br)cc2)nc1. The summed E-state index contributed by atoms with van der Waals surface area (Å²) in [6.07, 6.45) is 1.63. The number of nitrogen functional groups attached to an aromatic ring is 1. The quantitative estimate of drug-likeness (QED) is 0.939. The zero-order valence-corrected chi connectivity index (χ0v) is 10.1. The minimum atomic E-state index is 0.446. The van der Waals surface area contributed by atoms with Gasteiger partial charge in [-0.25, -0.2) is 0 Å². The molecule has 0 saturated carbocycles. The van der Waals surface area contributed by atoms with Crippen LogP contribution in [-0.2, 0) is 6.61 Å². The van der Waals surface area contributed by atoms with Crippen LogP contribution in [-0.4, -0.2) is 4.98 Å². The van der Waals surface area contributed by atoms with Gasteiger partial charge in [-0.2, -0.15) is 0 Å². The molecule has 0 aliphatic heterocycles. The minimum Gasteiger partial charge on any atom is -0.487 e. The molecule has 82 valence electrons. The minimum absolute atomic E-state index is 0.446. The molecule has 4 heteroatoms. The molecule has 0 radical (unpaired) electrons. The van der Waals surface area contributed by atoms with Crippen molar-refractivity contribution in [2.45, 2.75) is 6.61 Å². The topological polar surface area (TPSA) is 48.1 Å². The van der Waals surface area contributed by atoms with Gasteiger partial charge in [-0.1, -0.05) is 15.9 Å². The molecule has 1 aromatic carbocycles. The number of aromatic nitrogens is 1. The summed E-state index contributed by atoms with van der Waals surface area (Å²) in [7, 11) is 0. The summed E-state index contributed by atoms with van der Waals surface area (Å²) in [5.41, 5.74) is 7.06. The Kier molecular flexibility index (Phi) is 3.41. The van der Waals surface area contributed by atoms with Gasteiger partial charge in [0, 0.05) is 4.47 Å². The van der Waals surface area contributed by atoms with Crippen molar-refractivity contribution < 1.29 is 4.74 Å². The van der Waals surface area contributed by atoms with E-state index in [4.69, 9.17) is 10.5 Å². The van der Waals surface area contributed by atoms with Gasteiger partial charge in [-0.3, -0.25) is 4.98 Å². The van der Waals surface area contributed by atoms with E-state index >= 15 is 0 Å². The first kappa shape index (κ1) is 11.0. The van der Waals surface area contributed by atoms with E-state index in [1.54, 1.807) is 6.20 Å². The van der Waals surface area contributed by atoms with E-state index in [1.165, 1.54) is 0 Å². The first-order chi connectivity index (χ1) is 7.74. The molecule has 0 amide bonds. The van der Waals surface area contributed by atoms with Crippen molar-refractivity contribution in [3.05, 3.63) is 52.8 Å². The fourth-order valence-corrected chi connectivity index (χ4v) is 1.47. The van der Waals surface area contributed by atoms with Crippen LogP contribution in [0.15, 0.2) is 47.1 Å². The second-order valence-corrected chi connectivity index (χ2v) is 4.24. The summed E-state index contributed by atoms with van der Waals surface area (Å²) in [5, 5.41) is 0. The lowest BCUT2D eigenvalue weighted by atomic mass is 10.3. The average Bonchev–Trinajstić information content (AvgIpc) is 2.30.